The van der Waals surface area contributed by atoms with Crippen LogP contribution in [0.15, 0.2) is 76.9 Å². The second kappa shape index (κ2) is 24.1. The molecule has 0 spiro atoms. The number of halogens is 1. The molecule has 3 amide bonds. The summed E-state index contributed by atoms with van der Waals surface area (Å²) in [6.45, 7) is 17.3. The number of hydrogen-bond donors (Lipinski definition) is 4. The highest BCUT2D eigenvalue weighted by Gasteiger charge is 2.51. The van der Waals surface area contributed by atoms with E-state index in [0.29, 0.717) is 73.0 Å². The number of carbonyl (C=O) groups excluding carboxylic acids is 3. The van der Waals surface area contributed by atoms with Gasteiger partial charge in [-0.05, 0) is 125 Å². The first kappa shape index (κ1) is 59.4. The Hall–Kier alpha value is -7.53. The fourth-order valence-electron chi connectivity index (χ4n) is 15.1. The molecule has 4 aromatic heterocycles. The first-order chi connectivity index (χ1) is 42.4. The minimum absolute atomic E-state index is 0.0186. The zero-order valence-corrected chi connectivity index (χ0v) is 51.9. The molecule has 20 nitrogen and oxygen atoms in total. The van der Waals surface area contributed by atoms with Crippen LogP contribution in [0.25, 0.3) is 43.4 Å². The summed E-state index contributed by atoms with van der Waals surface area (Å²) in [7, 11) is 0. The second-order valence-electron chi connectivity index (χ2n) is 25.8. The monoisotopic (exact) mass is 1220 g/mol. The number of amides is 3. The second-order valence-corrected chi connectivity index (χ2v) is 26.7. The number of likely N-dealkylation sites (tertiary alicyclic amines) is 1. The van der Waals surface area contributed by atoms with Gasteiger partial charge in [-0.25, -0.2) is 14.2 Å². The van der Waals surface area contributed by atoms with Gasteiger partial charge in [0, 0.05) is 87.2 Å². The Bertz CT molecular complexity index is 3760. The minimum atomic E-state index is -0.873. The number of hydrogen-bond acceptors (Lipinski definition) is 18. The number of β-amino-alcohol motifs (C(OH)–C–C–N with tert-alkyl or cyclic N) is 1. The zero-order valence-electron chi connectivity index (χ0n) is 51.1. The summed E-state index contributed by atoms with van der Waals surface area (Å²) in [4.78, 5) is 72.7. The molecule has 7 aromatic rings. The molecule has 0 saturated carbocycles. The molecule has 6 fully saturated rings. The van der Waals surface area contributed by atoms with Gasteiger partial charge in [-0.15, -0.1) is 11.3 Å². The van der Waals surface area contributed by atoms with Crippen LogP contribution < -0.4 is 25.2 Å². The quantitative estimate of drug-likeness (QED) is 0.0706. The Morgan fingerprint density at radius 3 is 2.49 bits per heavy atom. The van der Waals surface area contributed by atoms with Crippen LogP contribution in [0.5, 0.6) is 11.8 Å². The van der Waals surface area contributed by atoms with Crippen LogP contribution in [0, 0.1) is 18.7 Å². The number of piperazine rings is 2. The van der Waals surface area contributed by atoms with Gasteiger partial charge in [0.25, 0.3) is 0 Å². The number of aromatic nitrogens is 5. The number of pyridine rings is 1. The van der Waals surface area contributed by atoms with Crippen LogP contribution in [0.4, 0.5) is 20.8 Å². The lowest BCUT2D eigenvalue weighted by molar-refractivity contribution is -0.141. The lowest BCUT2D eigenvalue weighted by Gasteiger charge is -2.43. The van der Waals surface area contributed by atoms with E-state index >= 15 is 4.39 Å². The fraction of sp³-hybridized carbons (Fsp3) is 0.515. The van der Waals surface area contributed by atoms with Crippen LogP contribution in [-0.4, -0.2) is 168 Å². The van der Waals surface area contributed by atoms with Crippen molar-refractivity contribution < 1.29 is 43.0 Å². The lowest BCUT2D eigenvalue weighted by Crippen LogP contribution is -2.58. The maximum absolute atomic E-state index is 17.4. The van der Waals surface area contributed by atoms with Gasteiger partial charge in [-0.2, -0.15) is 9.97 Å². The largest absolute Gasteiger partial charge is 0.508 e. The van der Waals surface area contributed by atoms with E-state index < -0.39 is 30.0 Å². The third kappa shape index (κ3) is 11.2. The molecule has 88 heavy (non-hydrogen) atoms. The third-order valence-corrected chi connectivity index (χ3v) is 20.6. The van der Waals surface area contributed by atoms with Crippen molar-refractivity contribution in [3.63, 3.8) is 0 Å². The van der Waals surface area contributed by atoms with Crippen LogP contribution in [-0.2, 0) is 20.7 Å². The zero-order chi connectivity index (χ0) is 61.3. The van der Waals surface area contributed by atoms with Crippen LogP contribution in [0.3, 0.4) is 0 Å². The van der Waals surface area contributed by atoms with Crippen molar-refractivity contribution in [2.45, 2.75) is 160 Å². The predicted molar refractivity (Wildman–Crippen MR) is 334 cm³/mol. The van der Waals surface area contributed by atoms with Gasteiger partial charge in [0.15, 0.2) is 17.4 Å². The maximum Gasteiger partial charge on any atom is 0.410 e. The Balaban J connectivity index is 0.650. The number of aliphatic hydroxyl groups excluding tert-OH is 1. The third-order valence-electron chi connectivity index (χ3n) is 19.7. The Kier molecular flexibility index (Phi) is 16.3. The van der Waals surface area contributed by atoms with Crippen molar-refractivity contribution in [2.75, 3.05) is 62.3 Å². The number of anilines is 2. The van der Waals surface area contributed by atoms with E-state index in [1.807, 2.05) is 89.5 Å². The predicted octanol–water partition coefficient (Wildman–Crippen LogP) is 9.30. The van der Waals surface area contributed by atoms with Gasteiger partial charge >= 0.3 is 12.1 Å². The molecule has 4 N–H and O–H groups in total. The van der Waals surface area contributed by atoms with Crippen molar-refractivity contribution in [3.8, 4) is 33.5 Å². The average Bonchev–Trinajstić information content (AvgIpc) is 1.05. The van der Waals surface area contributed by atoms with E-state index in [1.54, 1.807) is 40.6 Å². The van der Waals surface area contributed by atoms with Crippen LogP contribution in [0.2, 0.25) is 0 Å². The topological polar surface area (TPSA) is 228 Å². The number of fused-ring (bicyclic) bond motifs is 5. The number of thiazole rings is 1. The van der Waals surface area contributed by atoms with E-state index in [-0.39, 0.29) is 96.6 Å². The summed E-state index contributed by atoms with van der Waals surface area (Å²) in [5.74, 6) is -0.736. The molecule has 13 rings (SSSR count). The maximum atomic E-state index is 17.4. The highest BCUT2D eigenvalue weighted by Crippen LogP contribution is 2.45. The van der Waals surface area contributed by atoms with Crippen molar-refractivity contribution in [1.82, 2.24) is 50.4 Å². The number of carbonyl (C=O) groups is 3. The van der Waals surface area contributed by atoms with Crippen LogP contribution >= 0.6 is 11.3 Å². The molecule has 22 heteroatoms. The van der Waals surface area contributed by atoms with Gasteiger partial charge in [0.05, 0.1) is 39.2 Å². The molecule has 2 bridgehead atoms. The van der Waals surface area contributed by atoms with Crippen molar-refractivity contribution >= 4 is 62.6 Å². The number of phenolic OH excluding ortho intramolecular Hbond substituents is 1. The van der Waals surface area contributed by atoms with Gasteiger partial charge in [-0.3, -0.25) is 19.5 Å². The summed E-state index contributed by atoms with van der Waals surface area (Å²) < 4.78 is 36.3. The number of aromatic hydroxyl groups is 1. The Morgan fingerprint density at radius 1 is 0.943 bits per heavy atom. The molecule has 6 aliphatic heterocycles. The van der Waals surface area contributed by atoms with Crippen molar-refractivity contribution in [2.24, 2.45) is 5.92 Å². The molecular formula is C66H79FN12O8S. The molecule has 464 valence electrons. The number of ether oxygens (including phenoxy) is 2. The number of rotatable bonds is 16. The molecule has 3 aromatic carbocycles. The SMILES string of the molecule is CCc1cccc2cc(O)cc(-c3ncc4c(N5CC6CCC(C5)N6)nc(OC[C@]56CCCN5[C@H](COC(=O)N5C[C@H](C)N(c7cc([C@@H](C(=O)N8C[C@H](O)C[C@H]8C(=O)N[C@@H](C)c8ccc(-c9scnc9C)cc8)C(C)C)on7)C[C@H]5C)CC6)nc4c3F)c12. The van der Waals surface area contributed by atoms with E-state index in [9.17, 15) is 24.6 Å². The smallest absolute Gasteiger partial charge is 0.410 e. The Morgan fingerprint density at radius 2 is 1.74 bits per heavy atom. The molecule has 0 radical (unpaired) electrons. The average molecular weight is 1220 g/mol. The summed E-state index contributed by atoms with van der Waals surface area (Å²) in [6, 6.07) is 18.0. The van der Waals surface area contributed by atoms with Crippen molar-refractivity contribution in [3.05, 3.63) is 101 Å². The van der Waals surface area contributed by atoms with E-state index in [4.69, 9.17) is 28.9 Å². The highest BCUT2D eigenvalue weighted by atomic mass is 32.1. The summed E-state index contributed by atoms with van der Waals surface area (Å²) in [5.41, 5.74) is 6.14. The number of aryl methyl sites for hydroxylation is 2. The molecule has 2 unspecified atom stereocenters. The first-order valence-electron chi connectivity index (χ1n) is 31.4. The minimum Gasteiger partial charge on any atom is -0.508 e. The van der Waals surface area contributed by atoms with E-state index in [1.165, 1.54) is 4.90 Å². The van der Waals surface area contributed by atoms with Gasteiger partial charge in [0.2, 0.25) is 11.8 Å². The molecule has 0 aliphatic carbocycles. The van der Waals surface area contributed by atoms with Gasteiger partial charge < -0.3 is 54.4 Å². The summed E-state index contributed by atoms with van der Waals surface area (Å²) in [5, 5.41) is 35.2. The number of phenols is 1. The van der Waals surface area contributed by atoms with E-state index in [2.05, 4.69) is 42.4 Å². The molecule has 6 saturated heterocycles. The Labute approximate surface area is 515 Å². The number of aliphatic hydroxyl groups is 1. The number of nitrogens with zero attached hydrogens (tertiary/aromatic N) is 10. The fourth-order valence-corrected chi connectivity index (χ4v) is 15.9. The molecule has 6 aliphatic rings. The molecule has 10 heterocycles. The van der Waals surface area contributed by atoms with E-state index in [0.717, 1.165) is 83.1 Å². The number of benzene rings is 3. The standard InChI is InChI=1S/C66H79FN12O8S/c1-8-41-11-9-12-44-23-48(80)24-50(56(41)44)58-57(67)59-51(27-68-58)61(75-30-45-17-18-46(31-75)71-45)73-64(72-59)86-34-66-20-10-22-79(66)47(19-21-66)33-85-65(84)77-29-37(4)76(28-38(77)5)54-26-53(87-74-54)55(36(2)3)63(83)78-32-49(81)25-52(78)62(82)70-39(6)42-13-15-43(16-14-42)60-40(7)69-35-88-60/h9,11-16,23-24,26-27,35-39,45-47,49,52,55,71,80-81H,8,10,17-22,25,28-34H2,1-7H3,(H,70,82)/t37-,38+,39-,45?,46?,47-,49+,52-,55-,66+/m0/s1. The molecular weight excluding hydrogens is 1140 g/mol. The first-order valence-corrected chi connectivity index (χ1v) is 32.3. The number of nitrogens with one attached hydrogen (secondary N) is 2. The van der Waals surface area contributed by atoms with Crippen molar-refractivity contribution in [1.29, 1.82) is 0 Å². The van der Waals surface area contributed by atoms with Crippen LogP contribution in [0.1, 0.15) is 121 Å². The summed E-state index contributed by atoms with van der Waals surface area (Å²) >= 11 is 1.58. The van der Waals surface area contributed by atoms with Gasteiger partial charge in [-0.1, -0.05) is 68.4 Å². The highest BCUT2D eigenvalue weighted by molar-refractivity contribution is 7.13. The summed E-state index contributed by atoms with van der Waals surface area (Å²) in [6.07, 6.45) is 6.79. The molecule has 10 atom stereocenters. The van der Waals surface area contributed by atoms with Gasteiger partial charge in [0.1, 0.15) is 48.0 Å². The normalized spacial score (nSPS) is 25.3. The lowest BCUT2D eigenvalue weighted by atomic mass is 9.91.